The number of hydrogen-bond donors (Lipinski definition) is 0. The molecule has 246 valence electrons. The number of para-hydroxylation sites is 1. The fraction of sp³-hybridized carbons (Fsp3) is 0. The quantitative estimate of drug-likeness (QED) is 0.183. The third kappa shape index (κ3) is 4.20. The van der Waals surface area contributed by atoms with Gasteiger partial charge in [-0.25, -0.2) is 9.97 Å². The maximum atomic E-state index is 5.59. The molecule has 0 atom stereocenters. The fourth-order valence-corrected chi connectivity index (χ4v) is 10.8. The van der Waals surface area contributed by atoms with Crippen molar-refractivity contribution < 1.29 is 0 Å². The molecular formula is C48H27N3S2. The molecule has 0 fully saturated rings. The molecule has 4 heterocycles. The largest absolute Gasteiger partial charge is 0.308 e. The molecule has 0 saturated carbocycles. The Kier molecular flexibility index (Phi) is 6.09. The Morgan fingerprint density at radius 2 is 1.00 bits per heavy atom. The molecule has 0 amide bonds. The van der Waals surface area contributed by atoms with Gasteiger partial charge in [0.05, 0.1) is 33.0 Å². The topological polar surface area (TPSA) is 29.0 Å². The summed E-state index contributed by atoms with van der Waals surface area (Å²) < 4.78 is 4.87. The van der Waals surface area contributed by atoms with Crippen molar-refractivity contribution in [1.29, 1.82) is 0 Å². The Morgan fingerprint density at radius 1 is 0.396 bits per heavy atom. The van der Waals surface area contributed by atoms with E-state index in [4.69, 9.17) is 9.97 Å². The Hall–Kier alpha value is -6.40. The first-order valence-corrected chi connectivity index (χ1v) is 19.5. The zero-order chi connectivity index (χ0) is 34.6. The molecule has 0 unspecified atom stereocenters. The van der Waals surface area contributed by atoms with Gasteiger partial charge < -0.3 is 4.90 Å². The lowest BCUT2D eigenvalue weighted by Gasteiger charge is -2.35. The first-order chi connectivity index (χ1) is 26.3. The molecule has 0 spiro atoms. The Morgan fingerprint density at radius 3 is 1.89 bits per heavy atom. The molecule has 0 saturated heterocycles. The van der Waals surface area contributed by atoms with Crippen LogP contribution in [0, 0.1) is 0 Å². The lowest BCUT2D eigenvalue weighted by atomic mass is 9.89. The second-order valence-electron chi connectivity index (χ2n) is 13.7. The van der Waals surface area contributed by atoms with Gasteiger partial charge >= 0.3 is 0 Å². The maximum Gasteiger partial charge on any atom is 0.162 e. The lowest BCUT2D eigenvalue weighted by molar-refractivity contribution is 1.22. The summed E-state index contributed by atoms with van der Waals surface area (Å²) >= 11 is 3.63. The summed E-state index contributed by atoms with van der Waals surface area (Å²) in [5.41, 5.74) is 9.96. The van der Waals surface area contributed by atoms with E-state index in [1.165, 1.54) is 57.5 Å². The molecule has 11 aromatic rings. The van der Waals surface area contributed by atoms with Crippen LogP contribution in [0.3, 0.4) is 0 Å². The Labute approximate surface area is 312 Å². The molecule has 0 radical (unpaired) electrons. The van der Waals surface area contributed by atoms with Crippen LogP contribution in [0.4, 0.5) is 17.1 Å². The zero-order valence-corrected chi connectivity index (χ0v) is 29.9. The van der Waals surface area contributed by atoms with E-state index in [1.807, 2.05) is 11.3 Å². The molecule has 0 bridgehead atoms. The van der Waals surface area contributed by atoms with Crippen molar-refractivity contribution in [2.24, 2.45) is 0 Å². The van der Waals surface area contributed by atoms with Gasteiger partial charge in [0.25, 0.3) is 0 Å². The molecule has 0 N–H and O–H groups in total. The van der Waals surface area contributed by atoms with Gasteiger partial charge in [0, 0.05) is 52.3 Å². The summed E-state index contributed by atoms with van der Waals surface area (Å²) in [4.78, 5) is 13.5. The third-order valence-electron chi connectivity index (χ3n) is 10.8. The number of aromatic nitrogens is 2. The normalized spacial score (nSPS) is 12.5. The van der Waals surface area contributed by atoms with Crippen molar-refractivity contribution in [2.75, 3.05) is 4.90 Å². The Bertz CT molecular complexity index is 3310. The summed E-state index contributed by atoms with van der Waals surface area (Å²) in [7, 11) is 0. The zero-order valence-electron chi connectivity index (χ0n) is 28.2. The van der Waals surface area contributed by atoms with E-state index >= 15 is 0 Å². The van der Waals surface area contributed by atoms with Crippen LogP contribution < -0.4 is 4.90 Å². The lowest BCUT2D eigenvalue weighted by Crippen LogP contribution is -2.16. The second kappa shape index (κ2) is 11.1. The van der Waals surface area contributed by atoms with E-state index in [0.717, 1.165) is 55.3 Å². The Balaban J connectivity index is 1.17. The van der Waals surface area contributed by atoms with Gasteiger partial charge in [-0.15, -0.1) is 22.7 Å². The number of anilines is 3. The molecule has 1 aliphatic rings. The van der Waals surface area contributed by atoms with Gasteiger partial charge in [-0.3, -0.25) is 0 Å². The monoisotopic (exact) mass is 709 g/mol. The number of fused-ring (bicyclic) bond motifs is 9. The van der Waals surface area contributed by atoms with E-state index in [0.29, 0.717) is 0 Å². The molecule has 3 nitrogen and oxygen atoms in total. The van der Waals surface area contributed by atoms with E-state index in [2.05, 4.69) is 169 Å². The average Bonchev–Trinajstić information content (AvgIpc) is 3.79. The van der Waals surface area contributed by atoms with Crippen LogP contribution in [0.5, 0.6) is 0 Å². The second-order valence-corrected chi connectivity index (χ2v) is 15.8. The molecule has 1 aliphatic heterocycles. The highest BCUT2D eigenvalue weighted by Crippen LogP contribution is 2.54. The van der Waals surface area contributed by atoms with Crippen LogP contribution in [-0.2, 0) is 0 Å². The van der Waals surface area contributed by atoms with Crippen molar-refractivity contribution >= 4 is 102 Å². The predicted octanol–water partition coefficient (Wildman–Crippen LogP) is 14.3. The maximum absolute atomic E-state index is 5.59. The number of rotatable bonds is 3. The van der Waals surface area contributed by atoms with E-state index in [-0.39, 0.29) is 0 Å². The number of hydrogen-bond acceptors (Lipinski definition) is 5. The highest BCUT2D eigenvalue weighted by molar-refractivity contribution is 7.27. The summed E-state index contributed by atoms with van der Waals surface area (Å²) in [6.07, 6.45) is 0. The van der Waals surface area contributed by atoms with Crippen LogP contribution >= 0.6 is 22.7 Å². The van der Waals surface area contributed by atoms with Gasteiger partial charge in [-0.2, -0.15) is 0 Å². The highest BCUT2D eigenvalue weighted by atomic mass is 32.1. The van der Waals surface area contributed by atoms with E-state index in [1.54, 1.807) is 11.3 Å². The minimum Gasteiger partial charge on any atom is -0.308 e. The average molecular weight is 710 g/mol. The van der Waals surface area contributed by atoms with E-state index in [9.17, 15) is 0 Å². The molecule has 53 heavy (non-hydrogen) atoms. The SMILES string of the molecule is c1ccc(N2c3cc4ccccc4cc3-c3cccc4cccc2c34)c(-c2nc(-c3cccc4c3sc3ccccc34)c3sc4ccccc4c3n2)c1. The van der Waals surface area contributed by atoms with Gasteiger partial charge in [0.2, 0.25) is 0 Å². The molecular weight excluding hydrogens is 683 g/mol. The van der Waals surface area contributed by atoms with Crippen LogP contribution in [0.1, 0.15) is 0 Å². The van der Waals surface area contributed by atoms with Crippen molar-refractivity contribution in [3.8, 4) is 33.8 Å². The minimum atomic E-state index is 0.721. The standard InChI is InChI=1S/C48H27N3S2/c1-2-13-30-27-40-37(26-29(30)12-1)32-19-9-14-28-15-10-23-39(43(28)32)51(40)38-22-6-3-17-34(38)48-49-44-35-18-5-8-25-42(35)53-47(44)45(50-48)36-21-11-20-33-31-16-4-7-24-41(31)52-46(33)36/h1-27H. The predicted molar refractivity (Wildman–Crippen MR) is 227 cm³/mol. The molecule has 8 aromatic carbocycles. The first-order valence-electron chi connectivity index (χ1n) is 17.8. The summed E-state index contributed by atoms with van der Waals surface area (Å²) in [6.45, 7) is 0. The third-order valence-corrected chi connectivity index (χ3v) is 13.2. The molecule has 12 rings (SSSR count). The first kappa shape index (κ1) is 29.2. The van der Waals surface area contributed by atoms with Crippen molar-refractivity contribution in [2.45, 2.75) is 0 Å². The number of benzene rings is 8. The van der Waals surface area contributed by atoms with Gasteiger partial charge in [0.1, 0.15) is 0 Å². The van der Waals surface area contributed by atoms with E-state index < -0.39 is 0 Å². The van der Waals surface area contributed by atoms with Crippen LogP contribution in [0.2, 0.25) is 0 Å². The summed E-state index contributed by atoms with van der Waals surface area (Å²) in [5, 5.41) is 8.63. The fourth-order valence-electron chi connectivity index (χ4n) is 8.44. The summed E-state index contributed by atoms with van der Waals surface area (Å²) in [6, 6.07) is 59.3. The smallest absolute Gasteiger partial charge is 0.162 e. The van der Waals surface area contributed by atoms with Gasteiger partial charge in [0.15, 0.2) is 5.82 Å². The number of thiophene rings is 2. The van der Waals surface area contributed by atoms with Crippen molar-refractivity contribution in [3.05, 3.63) is 164 Å². The van der Waals surface area contributed by atoms with Crippen LogP contribution in [0.25, 0.3) is 95.8 Å². The van der Waals surface area contributed by atoms with Gasteiger partial charge in [-0.1, -0.05) is 121 Å². The van der Waals surface area contributed by atoms with Crippen molar-refractivity contribution in [3.63, 3.8) is 0 Å². The summed E-state index contributed by atoms with van der Waals surface area (Å²) in [5.74, 6) is 0.721. The van der Waals surface area contributed by atoms with Gasteiger partial charge in [-0.05, 0) is 64.2 Å². The van der Waals surface area contributed by atoms with Crippen LogP contribution in [-0.4, -0.2) is 9.97 Å². The highest BCUT2D eigenvalue weighted by Gasteiger charge is 2.29. The molecule has 3 aromatic heterocycles. The van der Waals surface area contributed by atoms with Crippen LogP contribution in [0.15, 0.2) is 164 Å². The number of nitrogens with zero attached hydrogens (tertiary/aromatic N) is 3. The molecule has 0 aliphatic carbocycles. The molecule has 5 heteroatoms. The minimum absolute atomic E-state index is 0.721. The van der Waals surface area contributed by atoms with Crippen molar-refractivity contribution in [1.82, 2.24) is 9.97 Å².